The number of carbonyl (C=O) groups excluding carboxylic acids is 1. The van der Waals surface area contributed by atoms with Gasteiger partial charge in [-0.15, -0.1) is 0 Å². The van der Waals surface area contributed by atoms with Gasteiger partial charge in [0, 0.05) is 5.57 Å². The highest BCUT2D eigenvalue weighted by Crippen LogP contribution is 2.00. The fourth-order valence-corrected chi connectivity index (χ4v) is 0.573. The summed E-state index contributed by atoms with van der Waals surface area (Å²) < 4.78 is 4.93. The third-order valence-electron chi connectivity index (χ3n) is 1.28. The lowest BCUT2D eigenvalue weighted by atomic mass is 10.2. The average Bonchev–Trinajstić information content (AvgIpc) is 2.11. The van der Waals surface area contributed by atoms with Crippen molar-refractivity contribution in [2.45, 2.75) is 0 Å². The predicted octanol–water partition coefficient (Wildman–Crippen LogP) is 1.30. The van der Waals surface area contributed by atoms with Gasteiger partial charge in [-0.25, -0.2) is 0 Å². The van der Waals surface area contributed by atoms with E-state index in [1.165, 1.54) is 13.2 Å². The summed E-state index contributed by atoms with van der Waals surface area (Å²) in [6.45, 7) is 6.96. The summed E-state index contributed by atoms with van der Waals surface area (Å²) in [5, 5.41) is 0. The molecule has 70 valence electrons. The summed E-state index contributed by atoms with van der Waals surface area (Å²) in [4.78, 5) is 10.5. The minimum Gasteiger partial charge on any atom is -0.497 e. The number of hydrogen-bond donors (Lipinski definition) is 1. The maximum Gasteiger partial charge on any atom is 0.248 e. The molecule has 0 fully saturated rings. The average molecular weight is 179 g/mol. The first-order valence-corrected chi connectivity index (χ1v) is 3.65. The summed E-state index contributed by atoms with van der Waals surface area (Å²) in [6.07, 6.45) is 6.32. The van der Waals surface area contributed by atoms with E-state index in [9.17, 15) is 4.79 Å². The van der Waals surface area contributed by atoms with Crippen molar-refractivity contribution in [3.8, 4) is 0 Å². The second-order valence-electron chi connectivity index (χ2n) is 2.23. The molecule has 0 rings (SSSR count). The normalized spacial score (nSPS) is 11.3. The van der Waals surface area contributed by atoms with Gasteiger partial charge >= 0.3 is 0 Å². The van der Waals surface area contributed by atoms with E-state index in [4.69, 9.17) is 10.5 Å². The Labute approximate surface area is 77.9 Å². The highest BCUT2D eigenvalue weighted by molar-refractivity contribution is 5.94. The highest BCUT2D eigenvalue weighted by atomic mass is 16.5. The van der Waals surface area contributed by atoms with Crippen molar-refractivity contribution < 1.29 is 9.53 Å². The molecule has 0 spiro atoms. The van der Waals surface area contributed by atoms with Gasteiger partial charge in [-0.05, 0) is 18.2 Å². The van der Waals surface area contributed by atoms with Gasteiger partial charge in [0.1, 0.15) is 5.76 Å². The summed E-state index contributed by atoms with van der Waals surface area (Å²) in [5.41, 5.74) is 5.20. The number of ether oxygens (including phenoxy) is 1. The Morgan fingerprint density at radius 2 is 2.08 bits per heavy atom. The van der Waals surface area contributed by atoms with Crippen LogP contribution in [0.4, 0.5) is 0 Å². The molecule has 0 aromatic carbocycles. The largest absolute Gasteiger partial charge is 0.497 e. The van der Waals surface area contributed by atoms with Crippen LogP contribution in [0.15, 0.2) is 48.8 Å². The number of methoxy groups -OCH3 is 1. The first kappa shape index (κ1) is 11.2. The Kier molecular flexibility index (Phi) is 5.03. The van der Waals surface area contributed by atoms with Crippen LogP contribution < -0.4 is 5.73 Å². The van der Waals surface area contributed by atoms with Crippen LogP contribution in [0.25, 0.3) is 0 Å². The monoisotopic (exact) mass is 179 g/mol. The summed E-state index contributed by atoms with van der Waals surface area (Å²) in [6, 6.07) is 0. The maximum atomic E-state index is 10.5. The molecular weight excluding hydrogens is 166 g/mol. The van der Waals surface area contributed by atoms with Gasteiger partial charge in [0.15, 0.2) is 0 Å². The molecule has 0 aliphatic carbocycles. The summed E-state index contributed by atoms with van der Waals surface area (Å²) in [7, 11) is 1.52. The molecule has 0 unspecified atom stereocenters. The fourth-order valence-electron chi connectivity index (χ4n) is 0.573. The van der Waals surface area contributed by atoms with E-state index in [1.54, 1.807) is 18.2 Å². The third kappa shape index (κ3) is 4.63. The molecule has 0 aliphatic heterocycles. The molecule has 1 amide bonds. The summed E-state index contributed by atoms with van der Waals surface area (Å²) in [5.74, 6) is 0.0303. The first-order valence-electron chi connectivity index (χ1n) is 3.65. The van der Waals surface area contributed by atoms with Gasteiger partial charge in [-0.3, -0.25) is 4.79 Å². The highest BCUT2D eigenvalue weighted by Gasteiger charge is 1.95. The van der Waals surface area contributed by atoms with E-state index >= 15 is 0 Å². The van der Waals surface area contributed by atoms with E-state index in [2.05, 4.69) is 13.2 Å². The molecule has 3 heteroatoms. The molecule has 0 heterocycles. The van der Waals surface area contributed by atoms with Gasteiger partial charge in [0.25, 0.3) is 0 Å². The number of rotatable bonds is 5. The first-order chi connectivity index (χ1) is 6.11. The van der Waals surface area contributed by atoms with Crippen LogP contribution in [-0.4, -0.2) is 13.0 Å². The van der Waals surface area contributed by atoms with Gasteiger partial charge in [0.2, 0.25) is 5.91 Å². The van der Waals surface area contributed by atoms with Gasteiger partial charge in [-0.2, -0.15) is 0 Å². The minimum absolute atomic E-state index is 0.229. The lowest BCUT2D eigenvalue weighted by molar-refractivity contribution is -0.114. The standard InChI is InChI=1S/C10H13NO2/c1-4-5-9(13-3)7-6-8(2)10(11)12/h4-7H,1-2H2,3H3,(H2,11,12)/b7-6-,9-5+. The second-order valence-corrected chi connectivity index (χ2v) is 2.23. The van der Waals surface area contributed by atoms with Crippen LogP contribution >= 0.6 is 0 Å². The molecule has 0 aromatic heterocycles. The van der Waals surface area contributed by atoms with E-state index in [-0.39, 0.29) is 5.57 Å². The van der Waals surface area contributed by atoms with Crippen LogP contribution in [0.5, 0.6) is 0 Å². The van der Waals surface area contributed by atoms with Crippen molar-refractivity contribution in [2.75, 3.05) is 7.11 Å². The third-order valence-corrected chi connectivity index (χ3v) is 1.28. The van der Waals surface area contributed by atoms with Crippen LogP contribution in [0, 0.1) is 0 Å². The quantitative estimate of drug-likeness (QED) is 0.393. The number of amides is 1. The van der Waals surface area contributed by atoms with Crippen LogP contribution in [0.3, 0.4) is 0 Å². The number of allylic oxidation sites excluding steroid dienone is 3. The number of carbonyl (C=O) groups is 1. The predicted molar refractivity (Wildman–Crippen MR) is 52.8 cm³/mol. The SMILES string of the molecule is C=C/C=C(\C=C/C(=C)C(N)=O)OC. The van der Waals surface area contributed by atoms with Crippen molar-refractivity contribution in [3.05, 3.63) is 48.8 Å². The number of primary amides is 1. The van der Waals surface area contributed by atoms with Crippen LogP contribution in [0.2, 0.25) is 0 Å². The Morgan fingerprint density at radius 1 is 1.46 bits per heavy atom. The zero-order valence-corrected chi connectivity index (χ0v) is 7.62. The number of nitrogens with two attached hydrogens (primary N) is 1. The van der Waals surface area contributed by atoms with Crippen molar-refractivity contribution in [1.29, 1.82) is 0 Å². The molecule has 0 radical (unpaired) electrons. The lowest BCUT2D eigenvalue weighted by Gasteiger charge is -1.97. The summed E-state index contributed by atoms with van der Waals surface area (Å²) >= 11 is 0. The molecule has 2 N–H and O–H groups in total. The molecule has 0 aliphatic rings. The smallest absolute Gasteiger partial charge is 0.248 e. The molecule has 0 bridgehead atoms. The van der Waals surface area contributed by atoms with Crippen LogP contribution in [0.1, 0.15) is 0 Å². The van der Waals surface area contributed by atoms with E-state index in [0.29, 0.717) is 5.76 Å². The van der Waals surface area contributed by atoms with E-state index in [1.807, 2.05) is 0 Å². The van der Waals surface area contributed by atoms with Gasteiger partial charge in [0.05, 0.1) is 7.11 Å². The Bertz CT molecular complexity index is 275. The Balaban J connectivity index is 4.40. The molecule has 0 atom stereocenters. The topological polar surface area (TPSA) is 52.3 Å². The fraction of sp³-hybridized carbons (Fsp3) is 0.100. The molecule has 0 saturated heterocycles. The molecule has 0 saturated carbocycles. The zero-order chi connectivity index (χ0) is 10.3. The van der Waals surface area contributed by atoms with E-state index in [0.717, 1.165) is 0 Å². The zero-order valence-electron chi connectivity index (χ0n) is 7.62. The number of hydrogen-bond acceptors (Lipinski definition) is 2. The second kappa shape index (κ2) is 5.83. The van der Waals surface area contributed by atoms with Gasteiger partial charge in [-0.1, -0.05) is 19.2 Å². The molecular formula is C10H13NO2. The van der Waals surface area contributed by atoms with Crippen LogP contribution in [-0.2, 0) is 9.53 Å². The van der Waals surface area contributed by atoms with E-state index < -0.39 is 5.91 Å². The van der Waals surface area contributed by atoms with Crippen molar-refractivity contribution in [2.24, 2.45) is 5.73 Å². The van der Waals surface area contributed by atoms with Crippen molar-refractivity contribution >= 4 is 5.91 Å². The molecule has 0 aromatic rings. The maximum absolute atomic E-state index is 10.5. The molecule has 13 heavy (non-hydrogen) atoms. The minimum atomic E-state index is -0.551. The van der Waals surface area contributed by atoms with Crippen molar-refractivity contribution in [1.82, 2.24) is 0 Å². The van der Waals surface area contributed by atoms with Crippen molar-refractivity contribution in [3.63, 3.8) is 0 Å². The lowest BCUT2D eigenvalue weighted by Crippen LogP contribution is -2.11. The van der Waals surface area contributed by atoms with Gasteiger partial charge < -0.3 is 10.5 Å². The Morgan fingerprint density at radius 3 is 2.46 bits per heavy atom. The Hall–Kier alpha value is -1.77. The molecule has 3 nitrogen and oxygen atoms in total.